The van der Waals surface area contributed by atoms with E-state index in [1.807, 2.05) is 0 Å². The minimum atomic E-state index is -2.23. The van der Waals surface area contributed by atoms with E-state index in [1.54, 1.807) is 18.3 Å². The summed E-state index contributed by atoms with van der Waals surface area (Å²) in [7, 11) is 0. The molecule has 2 aromatic heterocycles. The van der Waals surface area contributed by atoms with Crippen LogP contribution in [0.2, 0.25) is 5.02 Å². The first kappa shape index (κ1) is 24.5. The highest BCUT2D eigenvalue weighted by Gasteiger charge is 2.26. The van der Waals surface area contributed by atoms with Crippen molar-refractivity contribution in [3.8, 4) is 0 Å². The van der Waals surface area contributed by atoms with Gasteiger partial charge in [0, 0.05) is 35.1 Å². The van der Waals surface area contributed by atoms with E-state index < -0.39 is 47.0 Å². The van der Waals surface area contributed by atoms with Crippen LogP contribution in [-0.4, -0.2) is 24.7 Å². The molecule has 4 rings (SSSR count). The van der Waals surface area contributed by atoms with E-state index in [0.717, 1.165) is 4.68 Å². The average Bonchev–Trinajstić information content (AvgIpc) is 3.45. The molecule has 6 nitrogen and oxygen atoms in total. The van der Waals surface area contributed by atoms with Crippen LogP contribution in [0.25, 0.3) is 0 Å². The Labute approximate surface area is 204 Å². The maximum absolute atomic E-state index is 14.0. The Balaban J connectivity index is 1.39. The number of rotatable bonds is 6. The Morgan fingerprint density at radius 3 is 1.74 bits per heavy atom. The number of nitrogens with one attached hydrogen (secondary N) is 2. The van der Waals surface area contributed by atoms with Gasteiger partial charge in [0.05, 0.1) is 18.7 Å². The third-order valence-electron chi connectivity index (χ3n) is 4.77. The molecule has 4 aromatic rings. The minimum absolute atomic E-state index is 0.0423. The maximum Gasteiger partial charge on any atom is 0.200 e. The summed E-state index contributed by atoms with van der Waals surface area (Å²) in [4.78, 5) is 0. The second-order valence-electron chi connectivity index (χ2n) is 7.12. The van der Waals surface area contributed by atoms with Gasteiger partial charge in [-0.25, -0.2) is 26.3 Å². The molecule has 2 aromatic carbocycles. The first-order chi connectivity index (χ1) is 16.6. The van der Waals surface area contributed by atoms with Crippen molar-refractivity contribution in [2.75, 3.05) is 10.6 Å². The Morgan fingerprint density at radius 2 is 1.23 bits per heavy atom. The Hall–Kier alpha value is -3.58. The van der Waals surface area contributed by atoms with Crippen LogP contribution in [0, 0.1) is 34.9 Å². The molecule has 35 heavy (non-hydrogen) atoms. The summed E-state index contributed by atoms with van der Waals surface area (Å²) in [5.74, 6) is -10.2. The molecule has 0 spiro atoms. The fourth-order valence-electron chi connectivity index (χ4n) is 3.09. The Bertz CT molecular complexity index is 1370. The van der Waals surface area contributed by atoms with E-state index in [-0.39, 0.29) is 28.1 Å². The molecule has 0 bridgehead atoms. The fourth-order valence-corrected chi connectivity index (χ4v) is 3.53. The SMILES string of the molecule is Fc1cccc(Cl)c1Cn1ccc(NC(=S)Nc2ccn(Cc3c(F)c(F)c(F)c(F)c3F)n2)n1. The zero-order valence-electron chi connectivity index (χ0n) is 17.3. The number of anilines is 2. The molecule has 182 valence electrons. The third-order valence-corrected chi connectivity index (χ3v) is 5.33. The molecule has 0 aliphatic rings. The van der Waals surface area contributed by atoms with Crippen LogP contribution in [0.5, 0.6) is 0 Å². The van der Waals surface area contributed by atoms with Gasteiger partial charge in [0.15, 0.2) is 40.0 Å². The van der Waals surface area contributed by atoms with Crippen molar-refractivity contribution in [2.24, 2.45) is 0 Å². The summed E-state index contributed by atoms with van der Waals surface area (Å²) in [6, 6.07) is 7.29. The minimum Gasteiger partial charge on any atom is -0.316 e. The van der Waals surface area contributed by atoms with Crippen molar-refractivity contribution in [1.29, 1.82) is 0 Å². The lowest BCUT2D eigenvalue weighted by atomic mass is 10.1. The fraction of sp³-hybridized carbons (Fsp3) is 0.0952. The van der Waals surface area contributed by atoms with Gasteiger partial charge in [0.1, 0.15) is 5.82 Å². The van der Waals surface area contributed by atoms with Gasteiger partial charge in [0.2, 0.25) is 5.82 Å². The first-order valence-corrected chi connectivity index (χ1v) is 10.5. The normalized spacial score (nSPS) is 11.1. The van der Waals surface area contributed by atoms with E-state index in [4.69, 9.17) is 23.8 Å². The smallest absolute Gasteiger partial charge is 0.200 e. The standard InChI is InChI=1S/C21H13ClF6N6S/c22-12-2-1-3-13(23)10(12)8-33-6-4-14(31-33)29-21(35)30-15-5-7-34(32-15)9-11-16(24)18(26)20(28)19(27)17(11)25/h1-7H,8-9H2,(H2,29,30,31,32,35). The highest BCUT2D eigenvalue weighted by molar-refractivity contribution is 7.80. The molecule has 0 fully saturated rings. The van der Waals surface area contributed by atoms with E-state index >= 15 is 0 Å². The molecule has 0 amide bonds. The van der Waals surface area contributed by atoms with Crippen molar-refractivity contribution in [2.45, 2.75) is 13.1 Å². The average molecular weight is 531 g/mol. The van der Waals surface area contributed by atoms with E-state index in [0.29, 0.717) is 5.82 Å². The van der Waals surface area contributed by atoms with Crippen molar-refractivity contribution in [3.63, 3.8) is 0 Å². The van der Waals surface area contributed by atoms with Gasteiger partial charge < -0.3 is 10.6 Å². The predicted molar refractivity (Wildman–Crippen MR) is 120 cm³/mol. The van der Waals surface area contributed by atoms with Gasteiger partial charge in [-0.15, -0.1) is 0 Å². The van der Waals surface area contributed by atoms with E-state index in [1.165, 1.54) is 29.1 Å². The molecule has 0 unspecified atom stereocenters. The first-order valence-electron chi connectivity index (χ1n) is 9.72. The van der Waals surface area contributed by atoms with Crippen LogP contribution >= 0.6 is 23.8 Å². The summed E-state index contributed by atoms with van der Waals surface area (Å²) in [5.41, 5.74) is -0.763. The van der Waals surface area contributed by atoms with Crippen molar-refractivity contribution in [1.82, 2.24) is 19.6 Å². The Kier molecular flexibility index (Phi) is 6.98. The lowest BCUT2D eigenvalue weighted by Gasteiger charge is -2.09. The summed E-state index contributed by atoms with van der Waals surface area (Å²) in [6.45, 7) is -0.633. The summed E-state index contributed by atoms with van der Waals surface area (Å²) in [6.07, 6.45) is 2.84. The molecule has 0 atom stereocenters. The van der Waals surface area contributed by atoms with Gasteiger partial charge in [-0.05, 0) is 24.4 Å². The molecule has 2 N–H and O–H groups in total. The molecule has 0 radical (unpaired) electrons. The van der Waals surface area contributed by atoms with E-state index in [9.17, 15) is 26.3 Å². The number of thiocarbonyl (C=S) groups is 1. The number of benzene rings is 2. The highest BCUT2D eigenvalue weighted by atomic mass is 35.5. The zero-order chi connectivity index (χ0) is 25.3. The zero-order valence-corrected chi connectivity index (χ0v) is 18.9. The predicted octanol–water partition coefficient (Wildman–Crippen LogP) is 5.47. The van der Waals surface area contributed by atoms with Gasteiger partial charge in [-0.3, -0.25) is 9.36 Å². The van der Waals surface area contributed by atoms with Crippen LogP contribution in [0.3, 0.4) is 0 Å². The lowest BCUT2D eigenvalue weighted by Crippen LogP contribution is -2.20. The lowest BCUT2D eigenvalue weighted by molar-refractivity contribution is 0.367. The number of nitrogens with zero attached hydrogens (tertiary/aromatic N) is 4. The molecular formula is C21H13ClF6N6S. The van der Waals surface area contributed by atoms with Gasteiger partial charge in [-0.2, -0.15) is 10.2 Å². The second kappa shape index (κ2) is 9.96. The molecule has 0 saturated heterocycles. The van der Waals surface area contributed by atoms with Crippen molar-refractivity contribution >= 4 is 40.6 Å². The number of hydrogen-bond donors (Lipinski definition) is 2. The summed E-state index contributed by atoms with van der Waals surface area (Å²) in [5, 5.41) is 13.9. The molecule has 14 heteroatoms. The van der Waals surface area contributed by atoms with Crippen molar-refractivity contribution < 1.29 is 26.3 Å². The molecule has 0 aliphatic carbocycles. The topological polar surface area (TPSA) is 59.7 Å². The molecule has 0 saturated carbocycles. The third kappa shape index (κ3) is 5.25. The number of aromatic nitrogens is 4. The summed E-state index contributed by atoms with van der Waals surface area (Å²) < 4.78 is 84.1. The quantitative estimate of drug-likeness (QED) is 0.150. The summed E-state index contributed by atoms with van der Waals surface area (Å²) >= 11 is 11.2. The van der Waals surface area contributed by atoms with Crippen LogP contribution in [0.15, 0.2) is 42.7 Å². The molecule has 0 aliphatic heterocycles. The number of hydrogen-bond acceptors (Lipinski definition) is 3. The van der Waals surface area contributed by atoms with Gasteiger partial charge in [0.25, 0.3) is 0 Å². The van der Waals surface area contributed by atoms with Crippen LogP contribution < -0.4 is 10.6 Å². The van der Waals surface area contributed by atoms with Crippen LogP contribution in [-0.2, 0) is 13.1 Å². The van der Waals surface area contributed by atoms with Gasteiger partial charge in [-0.1, -0.05) is 17.7 Å². The van der Waals surface area contributed by atoms with Crippen molar-refractivity contribution in [3.05, 3.63) is 93.8 Å². The molecule has 2 heterocycles. The van der Waals surface area contributed by atoms with Crippen LogP contribution in [0.1, 0.15) is 11.1 Å². The van der Waals surface area contributed by atoms with E-state index in [2.05, 4.69) is 20.8 Å². The highest BCUT2D eigenvalue weighted by Crippen LogP contribution is 2.24. The maximum atomic E-state index is 14.0. The monoisotopic (exact) mass is 530 g/mol. The largest absolute Gasteiger partial charge is 0.316 e. The van der Waals surface area contributed by atoms with Gasteiger partial charge >= 0.3 is 0 Å². The molecular weight excluding hydrogens is 518 g/mol. The Morgan fingerprint density at radius 1 is 0.743 bits per heavy atom. The van der Waals surface area contributed by atoms with Crippen LogP contribution in [0.4, 0.5) is 38.0 Å². The number of halogens is 7. The second-order valence-corrected chi connectivity index (χ2v) is 7.94.